The summed E-state index contributed by atoms with van der Waals surface area (Å²) < 4.78 is 7.06. The van der Waals surface area contributed by atoms with Gasteiger partial charge in [-0.1, -0.05) is 12.1 Å². The summed E-state index contributed by atoms with van der Waals surface area (Å²) >= 11 is 0. The van der Waals surface area contributed by atoms with E-state index in [1.54, 1.807) is 11.8 Å². The molecule has 0 radical (unpaired) electrons. The van der Waals surface area contributed by atoms with E-state index in [1.165, 1.54) is 0 Å². The van der Waals surface area contributed by atoms with Gasteiger partial charge in [0.05, 0.1) is 12.8 Å². The monoisotopic (exact) mass is 217 g/mol. The Balaban J connectivity index is 2.49. The third-order valence-corrected chi connectivity index (χ3v) is 2.49. The Morgan fingerprint density at radius 1 is 1.38 bits per heavy atom. The molecule has 0 amide bonds. The van der Waals surface area contributed by atoms with Crippen LogP contribution in [-0.4, -0.2) is 16.9 Å². The maximum atomic E-state index is 5.84. The lowest BCUT2D eigenvalue weighted by Crippen LogP contribution is -2.01. The number of hydrogen-bond donors (Lipinski definition) is 1. The van der Waals surface area contributed by atoms with Gasteiger partial charge in [-0.3, -0.25) is 0 Å². The van der Waals surface area contributed by atoms with E-state index >= 15 is 0 Å². The number of nitrogens with zero attached hydrogens (tertiary/aromatic N) is 2. The van der Waals surface area contributed by atoms with Crippen molar-refractivity contribution in [3.63, 3.8) is 0 Å². The minimum Gasteiger partial charge on any atom is -0.496 e. The summed E-state index contributed by atoms with van der Waals surface area (Å²) in [7, 11) is 1.65. The molecule has 4 heteroatoms. The lowest BCUT2D eigenvalue weighted by atomic mass is 10.1. The SMILES string of the molecule is CCn1nc(-c2ccccc2OC)cc1N. The van der Waals surface area contributed by atoms with Gasteiger partial charge < -0.3 is 10.5 Å². The van der Waals surface area contributed by atoms with Crippen molar-refractivity contribution >= 4 is 5.82 Å². The molecule has 1 aromatic heterocycles. The van der Waals surface area contributed by atoms with E-state index in [0.29, 0.717) is 5.82 Å². The van der Waals surface area contributed by atoms with Crippen LogP contribution in [0.4, 0.5) is 5.82 Å². The van der Waals surface area contributed by atoms with Crippen molar-refractivity contribution in [1.82, 2.24) is 9.78 Å². The molecule has 2 rings (SSSR count). The third-order valence-electron chi connectivity index (χ3n) is 2.49. The second-order valence-corrected chi connectivity index (χ2v) is 3.47. The zero-order valence-electron chi connectivity index (χ0n) is 9.47. The van der Waals surface area contributed by atoms with Crippen LogP contribution in [-0.2, 0) is 6.54 Å². The largest absolute Gasteiger partial charge is 0.496 e. The van der Waals surface area contributed by atoms with Gasteiger partial charge >= 0.3 is 0 Å². The number of ether oxygens (including phenoxy) is 1. The van der Waals surface area contributed by atoms with Crippen LogP contribution in [0.5, 0.6) is 5.75 Å². The molecule has 4 nitrogen and oxygen atoms in total. The number of nitrogen functional groups attached to an aromatic ring is 1. The number of hydrogen-bond acceptors (Lipinski definition) is 3. The average Bonchev–Trinajstić information content (AvgIpc) is 2.70. The molecule has 0 aliphatic rings. The van der Waals surface area contributed by atoms with Gasteiger partial charge in [0.25, 0.3) is 0 Å². The minimum atomic E-state index is 0.670. The Morgan fingerprint density at radius 2 is 2.12 bits per heavy atom. The van der Waals surface area contributed by atoms with Crippen LogP contribution < -0.4 is 10.5 Å². The van der Waals surface area contributed by atoms with E-state index in [-0.39, 0.29) is 0 Å². The van der Waals surface area contributed by atoms with Crippen LogP contribution in [0, 0.1) is 0 Å². The molecule has 2 aromatic rings. The van der Waals surface area contributed by atoms with Gasteiger partial charge in [-0.2, -0.15) is 5.10 Å². The van der Waals surface area contributed by atoms with Gasteiger partial charge in [0.2, 0.25) is 0 Å². The average molecular weight is 217 g/mol. The summed E-state index contributed by atoms with van der Waals surface area (Å²) in [5.74, 6) is 1.48. The van der Waals surface area contributed by atoms with Crippen molar-refractivity contribution in [1.29, 1.82) is 0 Å². The molecule has 0 aliphatic heterocycles. The summed E-state index contributed by atoms with van der Waals surface area (Å²) in [5.41, 5.74) is 7.65. The first kappa shape index (κ1) is 10.5. The highest BCUT2D eigenvalue weighted by molar-refractivity contribution is 5.69. The zero-order valence-corrected chi connectivity index (χ0v) is 9.47. The molecule has 1 aromatic carbocycles. The fourth-order valence-corrected chi connectivity index (χ4v) is 1.67. The van der Waals surface area contributed by atoms with Crippen LogP contribution in [0.2, 0.25) is 0 Å². The maximum absolute atomic E-state index is 5.84. The second-order valence-electron chi connectivity index (χ2n) is 3.47. The number of nitrogens with two attached hydrogens (primary N) is 1. The van der Waals surface area contributed by atoms with Crippen LogP contribution in [0.15, 0.2) is 30.3 Å². The highest BCUT2D eigenvalue weighted by Crippen LogP contribution is 2.29. The van der Waals surface area contributed by atoms with Crippen molar-refractivity contribution in [2.24, 2.45) is 0 Å². The van der Waals surface area contributed by atoms with E-state index < -0.39 is 0 Å². The molecule has 1 heterocycles. The molecule has 0 aliphatic carbocycles. The first-order valence-corrected chi connectivity index (χ1v) is 5.23. The van der Waals surface area contributed by atoms with Gasteiger partial charge in [0.1, 0.15) is 11.6 Å². The number of para-hydroxylation sites is 1. The van der Waals surface area contributed by atoms with E-state index in [9.17, 15) is 0 Å². The number of benzene rings is 1. The molecule has 16 heavy (non-hydrogen) atoms. The summed E-state index contributed by atoms with van der Waals surface area (Å²) in [6.45, 7) is 2.77. The van der Waals surface area contributed by atoms with Crippen molar-refractivity contribution < 1.29 is 4.74 Å². The molecule has 0 spiro atoms. The smallest absolute Gasteiger partial charge is 0.128 e. The van der Waals surface area contributed by atoms with Crippen molar-refractivity contribution in [3.05, 3.63) is 30.3 Å². The van der Waals surface area contributed by atoms with Gasteiger partial charge in [-0.25, -0.2) is 4.68 Å². The first-order chi connectivity index (χ1) is 7.76. The number of rotatable bonds is 3. The summed E-state index contributed by atoms with van der Waals surface area (Å²) in [4.78, 5) is 0. The Hall–Kier alpha value is -1.97. The summed E-state index contributed by atoms with van der Waals surface area (Å²) in [6, 6.07) is 9.64. The Labute approximate surface area is 94.6 Å². The van der Waals surface area contributed by atoms with Gasteiger partial charge in [0, 0.05) is 18.2 Å². The van der Waals surface area contributed by atoms with Crippen LogP contribution in [0.3, 0.4) is 0 Å². The first-order valence-electron chi connectivity index (χ1n) is 5.23. The number of anilines is 1. The molecule has 0 saturated carbocycles. The zero-order chi connectivity index (χ0) is 11.5. The standard InChI is InChI=1S/C12H15N3O/c1-3-15-12(13)8-10(14-15)9-6-4-5-7-11(9)16-2/h4-8H,3,13H2,1-2H3. The lowest BCUT2D eigenvalue weighted by molar-refractivity contribution is 0.416. The van der Waals surface area contributed by atoms with Crippen molar-refractivity contribution in [2.45, 2.75) is 13.5 Å². The van der Waals surface area contributed by atoms with Gasteiger partial charge in [-0.15, -0.1) is 0 Å². The van der Waals surface area contributed by atoms with E-state index in [1.807, 2.05) is 37.3 Å². The number of methoxy groups -OCH3 is 1. The Morgan fingerprint density at radius 3 is 2.75 bits per heavy atom. The normalized spacial score (nSPS) is 10.4. The number of aryl methyl sites for hydroxylation is 1. The number of aromatic nitrogens is 2. The minimum absolute atomic E-state index is 0.670. The van der Waals surface area contributed by atoms with Gasteiger partial charge in [-0.05, 0) is 19.1 Å². The Bertz CT molecular complexity index is 491. The van der Waals surface area contributed by atoms with Crippen molar-refractivity contribution in [2.75, 3.05) is 12.8 Å². The van der Waals surface area contributed by atoms with Crippen molar-refractivity contribution in [3.8, 4) is 17.0 Å². The fourth-order valence-electron chi connectivity index (χ4n) is 1.67. The predicted octanol–water partition coefficient (Wildman–Crippen LogP) is 2.16. The second kappa shape index (κ2) is 4.26. The lowest BCUT2D eigenvalue weighted by Gasteiger charge is -2.04. The highest BCUT2D eigenvalue weighted by atomic mass is 16.5. The molecule has 0 bridgehead atoms. The fraction of sp³-hybridized carbons (Fsp3) is 0.250. The molecule has 0 unspecified atom stereocenters. The molecular formula is C12H15N3O. The molecule has 0 fully saturated rings. The van der Waals surface area contributed by atoms with Gasteiger partial charge in [0.15, 0.2) is 0 Å². The highest BCUT2D eigenvalue weighted by Gasteiger charge is 2.10. The van der Waals surface area contributed by atoms with E-state index in [2.05, 4.69) is 5.10 Å². The quantitative estimate of drug-likeness (QED) is 0.857. The molecule has 0 saturated heterocycles. The van der Waals surface area contributed by atoms with Crippen LogP contribution in [0.25, 0.3) is 11.3 Å². The van der Waals surface area contributed by atoms with E-state index in [4.69, 9.17) is 10.5 Å². The molecule has 0 atom stereocenters. The molecule has 84 valence electrons. The molecular weight excluding hydrogens is 202 g/mol. The maximum Gasteiger partial charge on any atom is 0.128 e. The summed E-state index contributed by atoms with van der Waals surface area (Å²) in [5, 5.41) is 4.42. The Kier molecular flexibility index (Phi) is 2.81. The summed E-state index contributed by atoms with van der Waals surface area (Å²) in [6.07, 6.45) is 0. The third kappa shape index (κ3) is 1.74. The van der Waals surface area contributed by atoms with E-state index in [0.717, 1.165) is 23.6 Å². The predicted molar refractivity (Wildman–Crippen MR) is 64.3 cm³/mol. The topological polar surface area (TPSA) is 53.1 Å². The van der Waals surface area contributed by atoms with Crippen LogP contribution >= 0.6 is 0 Å². The van der Waals surface area contributed by atoms with Crippen LogP contribution in [0.1, 0.15) is 6.92 Å². The molecule has 2 N–H and O–H groups in total.